The lowest BCUT2D eigenvalue weighted by atomic mass is 9.96. The van der Waals surface area contributed by atoms with E-state index in [2.05, 4.69) is 39.3 Å². The molecular weight excluding hydrogens is 368 g/mol. The minimum Gasteiger partial charge on any atom is -0.377 e. The van der Waals surface area contributed by atoms with E-state index in [9.17, 15) is 0 Å². The number of fused-ring (bicyclic) bond motifs is 3. The quantitative estimate of drug-likeness (QED) is 0.738. The number of aromatic amines is 1. The van der Waals surface area contributed by atoms with Gasteiger partial charge in [-0.1, -0.05) is 6.08 Å². The first kappa shape index (κ1) is 17.2. The third kappa shape index (κ3) is 2.86. The summed E-state index contributed by atoms with van der Waals surface area (Å²) >= 11 is 0. The highest BCUT2D eigenvalue weighted by molar-refractivity contribution is 5.92. The first-order valence-electron chi connectivity index (χ1n) is 10.4. The van der Waals surface area contributed by atoms with Gasteiger partial charge in [0.05, 0.1) is 37.7 Å². The number of pyridine rings is 1. The molecule has 0 aliphatic carbocycles. The van der Waals surface area contributed by atoms with Gasteiger partial charge in [-0.15, -0.1) is 0 Å². The highest BCUT2D eigenvalue weighted by Crippen LogP contribution is 2.39. The van der Waals surface area contributed by atoms with Gasteiger partial charge in [0.25, 0.3) is 0 Å². The van der Waals surface area contributed by atoms with E-state index in [0.717, 1.165) is 55.1 Å². The topological polar surface area (TPSA) is 81.1 Å². The number of H-pyrrole nitrogens is 1. The number of aromatic nitrogens is 5. The molecule has 2 saturated heterocycles. The van der Waals surface area contributed by atoms with E-state index in [0.29, 0.717) is 12.7 Å². The predicted molar refractivity (Wildman–Crippen MR) is 109 cm³/mol. The second-order valence-electron chi connectivity index (χ2n) is 8.14. The van der Waals surface area contributed by atoms with Gasteiger partial charge in [-0.25, -0.2) is 4.98 Å². The van der Waals surface area contributed by atoms with Gasteiger partial charge >= 0.3 is 0 Å². The molecule has 3 aliphatic rings. The normalized spacial score (nSPS) is 26.9. The average Bonchev–Trinajstić information content (AvgIpc) is 3.47. The highest BCUT2D eigenvalue weighted by Gasteiger charge is 2.31. The summed E-state index contributed by atoms with van der Waals surface area (Å²) in [6.07, 6.45) is 9.78. The van der Waals surface area contributed by atoms with Crippen molar-refractivity contribution in [1.82, 2.24) is 25.0 Å². The van der Waals surface area contributed by atoms with Gasteiger partial charge < -0.3 is 14.4 Å². The summed E-state index contributed by atoms with van der Waals surface area (Å²) in [6.45, 7) is 4.46. The minimum absolute atomic E-state index is 0.235. The molecule has 0 spiro atoms. The summed E-state index contributed by atoms with van der Waals surface area (Å²) < 4.78 is 13.5. The molecule has 6 rings (SSSR count). The Labute approximate surface area is 168 Å². The number of ether oxygens (including phenoxy) is 2. The van der Waals surface area contributed by atoms with Crippen LogP contribution in [0.2, 0.25) is 0 Å². The Morgan fingerprint density at radius 2 is 2.21 bits per heavy atom. The van der Waals surface area contributed by atoms with E-state index >= 15 is 0 Å². The Bertz CT molecular complexity index is 1070. The maximum atomic E-state index is 6.03. The molecule has 3 atom stereocenters. The summed E-state index contributed by atoms with van der Waals surface area (Å²) in [6, 6.07) is 4.42. The van der Waals surface area contributed by atoms with Gasteiger partial charge in [0.15, 0.2) is 11.5 Å². The number of nitrogens with zero attached hydrogens (tertiary/aromatic N) is 5. The van der Waals surface area contributed by atoms with E-state index in [4.69, 9.17) is 14.5 Å². The Morgan fingerprint density at radius 3 is 3.03 bits per heavy atom. The third-order valence-electron chi connectivity index (χ3n) is 6.21. The van der Waals surface area contributed by atoms with Crippen LogP contribution in [0, 0.1) is 0 Å². The molecule has 6 heterocycles. The van der Waals surface area contributed by atoms with E-state index < -0.39 is 0 Å². The molecule has 0 radical (unpaired) electrons. The van der Waals surface area contributed by atoms with Crippen LogP contribution in [0.4, 0.5) is 5.82 Å². The van der Waals surface area contributed by atoms with Crippen LogP contribution in [0.15, 0.2) is 30.6 Å². The van der Waals surface area contributed by atoms with E-state index in [1.807, 2.05) is 16.9 Å². The molecule has 8 nitrogen and oxygen atoms in total. The predicted octanol–water partition coefficient (Wildman–Crippen LogP) is 2.70. The SMILES string of the molecule is C[C@@H]1COCCN1c1cc(C2=CC3CC[C@@H](C2)O3)c2cnn(-c3cc[nH]n3)c2n1. The van der Waals surface area contributed by atoms with Crippen molar-refractivity contribution in [3.8, 4) is 5.82 Å². The zero-order valence-corrected chi connectivity index (χ0v) is 16.4. The summed E-state index contributed by atoms with van der Waals surface area (Å²) in [5.74, 6) is 1.71. The van der Waals surface area contributed by atoms with Crippen molar-refractivity contribution in [1.29, 1.82) is 0 Å². The van der Waals surface area contributed by atoms with Crippen LogP contribution >= 0.6 is 0 Å². The zero-order chi connectivity index (χ0) is 19.4. The highest BCUT2D eigenvalue weighted by atomic mass is 16.5. The minimum atomic E-state index is 0.235. The number of anilines is 1. The van der Waals surface area contributed by atoms with Gasteiger partial charge in [0.2, 0.25) is 0 Å². The maximum Gasteiger partial charge on any atom is 0.177 e. The fourth-order valence-corrected chi connectivity index (χ4v) is 4.75. The molecule has 2 bridgehead atoms. The van der Waals surface area contributed by atoms with Crippen molar-refractivity contribution in [2.45, 2.75) is 44.4 Å². The van der Waals surface area contributed by atoms with Gasteiger partial charge in [-0.05, 0) is 43.4 Å². The van der Waals surface area contributed by atoms with Crippen LogP contribution in [0.1, 0.15) is 31.7 Å². The lowest BCUT2D eigenvalue weighted by Crippen LogP contribution is -2.44. The Kier molecular flexibility index (Phi) is 3.95. The number of rotatable bonds is 3. The van der Waals surface area contributed by atoms with Gasteiger partial charge in [-0.2, -0.15) is 14.9 Å². The maximum absolute atomic E-state index is 6.03. The van der Waals surface area contributed by atoms with Crippen LogP contribution in [0.3, 0.4) is 0 Å². The Balaban J connectivity index is 1.54. The van der Waals surface area contributed by atoms with Crippen molar-refractivity contribution >= 4 is 22.4 Å². The average molecular weight is 392 g/mol. The number of hydrogen-bond donors (Lipinski definition) is 1. The monoisotopic (exact) mass is 392 g/mol. The van der Waals surface area contributed by atoms with Crippen molar-refractivity contribution in [3.63, 3.8) is 0 Å². The Hall–Kier alpha value is -2.71. The lowest BCUT2D eigenvalue weighted by molar-refractivity contribution is 0.0672. The number of nitrogens with one attached hydrogen (secondary N) is 1. The summed E-state index contributed by atoms with van der Waals surface area (Å²) in [4.78, 5) is 7.37. The second-order valence-corrected chi connectivity index (χ2v) is 8.14. The van der Waals surface area contributed by atoms with Gasteiger partial charge in [0.1, 0.15) is 5.82 Å². The zero-order valence-electron chi connectivity index (χ0n) is 16.4. The summed E-state index contributed by atoms with van der Waals surface area (Å²) in [5.41, 5.74) is 3.40. The molecule has 0 aromatic carbocycles. The number of morpholine rings is 1. The Morgan fingerprint density at radius 1 is 1.24 bits per heavy atom. The van der Waals surface area contributed by atoms with Crippen molar-refractivity contribution in [2.24, 2.45) is 0 Å². The van der Waals surface area contributed by atoms with Crippen molar-refractivity contribution < 1.29 is 9.47 Å². The van der Waals surface area contributed by atoms with Gasteiger partial charge in [0, 0.05) is 24.2 Å². The molecule has 1 unspecified atom stereocenters. The molecule has 150 valence electrons. The van der Waals surface area contributed by atoms with Gasteiger partial charge in [-0.3, -0.25) is 5.10 Å². The molecule has 2 fully saturated rings. The first-order valence-corrected chi connectivity index (χ1v) is 10.4. The largest absolute Gasteiger partial charge is 0.377 e. The van der Waals surface area contributed by atoms with Crippen LogP contribution in [-0.4, -0.2) is 63.0 Å². The fourth-order valence-electron chi connectivity index (χ4n) is 4.75. The van der Waals surface area contributed by atoms with Crippen LogP contribution in [0.5, 0.6) is 0 Å². The second kappa shape index (κ2) is 6.67. The molecule has 0 saturated carbocycles. The van der Waals surface area contributed by atoms with Crippen molar-refractivity contribution in [2.75, 3.05) is 24.7 Å². The van der Waals surface area contributed by atoms with Crippen LogP contribution in [0.25, 0.3) is 22.4 Å². The molecular formula is C21H24N6O2. The fraction of sp³-hybridized carbons (Fsp3) is 0.476. The lowest BCUT2D eigenvalue weighted by Gasteiger charge is -2.34. The molecule has 3 aromatic heterocycles. The standard InChI is InChI=1S/C21H24N6O2/c1-13-12-28-7-6-26(13)20-10-17(14-8-15-2-3-16(9-14)29-15)18-11-23-27(21(18)24-20)19-4-5-22-25-19/h4-5,8,10-11,13,15-16H,2-3,6-7,9,12H2,1H3,(H,22,25)/t13-,15?,16+/m1/s1. The van der Waals surface area contributed by atoms with Crippen molar-refractivity contribution in [3.05, 3.63) is 36.2 Å². The molecule has 29 heavy (non-hydrogen) atoms. The van der Waals surface area contributed by atoms with Crippen LogP contribution < -0.4 is 4.90 Å². The molecule has 3 aliphatic heterocycles. The first-order chi connectivity index (χ1) is 14.3. The summed E-state index contributed by atoms with van der Waals surface area (Å²) in [5, 5.41) is 12.9. The third-order valence-corrected chi connectivity index (χ3v) is 6.21. The van der Waals surface area contributed by atoms with E-state index in [1.165, 1.54) is 11.1 Å². The molecule has 8 heteroatoms. The summed E-state index contributed by atoms with van der Waals surface area (Å²) in [7, 11) is 0. The number of hydrogen-bond acceptors (Lipinski definition) is 6. The van der Waals surface area contributed by atoms with Crippen LogP contribution in [-0.2, 0) is 9.47 Å². The molecule has 3 aromatic rings. The van der Waals surface area contributed by atoms with E-state index in [-0.39, 0.29) is 12.1 Å². The molecule has 0 amide bonds. The molecule has 1 N–H and O–H groups in total. The van der Waals surface area contributed by atoms with E-state index in [1.54, 1.807) is 6.20 Å². The smallest absolute Gasteiger partial charge is 0.177 e.